The van der Waals surface area contributed by atoms with Gasteiger partial charge in [-0.2, -0.15) is 0 Å². The number of nitrogens with zero attached hydrogens (tertiary/aromatic N) is 1. The van der Waals surface area contributed by atoms with Gasteiger partial charge < -0.3 is 14.8 Å². The van der Waals surface area contributed by atoms with Gasteiger partial charge in [0.25, 0.3) is 5.91 Å². The first-order valence-electron chi connectivity index (χ1n) is 11.7. The lowest BCUT2D eigenvalue weighted by atomic mass is 10.0. The van der Waals surface area contributed by atoms with Gasteiger partial charge in [0.15, 0.2) is 0 Å². The van der Waals surface area contributed by atoms with Crippen molar-refractivity contribution in [3.05, 3.63) is 59.7 Å². The maximum Gasteiger partial charge on any atom is 0.252 e. The van der Waals surface area contributed by atoms with E-state index in [9.17, 15) is 4.79 Å². The summed E-state index contributed by atoms with van der Waals surface area (Å²) in [6.45, 7) is 3.51. The number of carbonyl (C=O) groups is 1. The first-order chi connectivity index (χ1) is 15.8. The fraction of sp³-hybridized carbons (Fsp3) is 0.500. The molecule has 0 spiro atoms. The van der Waals surface area contributed by atoms with Crippen LogP contribution < -0.4 is 10.1 Å². The zero-order valence-corrected chi connectivity index (χ0v) is 19.7. The van der Waals surface area contributed by atoms with E-state index >= 15 is 0 Å². The molecule has 2 aliphatic heterocycles. The largest absolute Gasteiger partial charge is 0.496 e. The highest BCUT2D eigenvalue weighted by Gasteiger charge is 2.26. The van der Waals surface area contributed by atoms with Crippen LogP contribution in [-0.2, 0) is 4.74 Å². The molecule has 4 rings (SSSR count). The first kappa shape index (κ1) is 23.1. The maximum atomic E-state index is 13.2. The van der Waals surface area contributed by atoms with Crippen molar-refractivity contribution in [2.75, 3.05) is 39.1 Å². The Labute approximate surface area is 195 Å². The van der Waals surface area contributed by atoms with Gasteiger partial charge in [0.1, 0.15) is 5.75 Å². The molecular formula is C26H34N2O3S. The third-order valence-corrected chi connectivity index (χ3v) is 7.57. The molecule has 1 N–H and O–H groups in total. The van der Waals surface area contributed by atoms with Gasteiger partial charge in [-0.1, -0.05) is 36.8 Å². The minimum Gasteiger partial charge on any atom is -0.496 e. The number of ether oxygens (including phenoxy) is 2. The number of likely N-dealkylation sites (tertiary alicyclic amines) is 1. The fourth-order valence-corrected chi connectivity index (χ4v) is 5.75. The molecule has 0 radical (unpaired) electrons. The molecular weight excluding hydrogens is 420 g/mol. The number of hydrogen-bond acceptors (Lipinski definition) is 5. The lowest BCUT2D eigenvalue weighted by molar-refractivity contribution is 0.0920. The Bertz CT molecular complexity index is 879. The number of rotatable bonds is 9. The molecule has 2 aromatic carbocycles. The van der Waals surface area contributed by atoms with E-state index in [-0.39, 0.29) is 11.9 Å². The van der Waals surface area contributed by atoms with E-state index < -0.39 is 0 Å². The molecule has 6 heteroatoms. The highest BCUT2D eigenvalue weighted by atomic mass is 32.2. The van der Waals surface area contributed by atoms with Gasteiger partial charge in [0, 0.05) is 29.4 Å². The summed E-state index contributed by atoms with van der Waals surface area (Å²) in [5, 5.41) is 3.23. The van der Waals surface area contributed by atoms with Crippen LogP contribution in [0.3, 0.4) is 0 Å². The lowest BCUT2D eigenvalue weighted by Crippen LogP contribution is -2.40. The minimum absolute atomic E-state index is 0.0163. The molecule has 2 atom stereocenters. The van der Waals surface area contributed by atoms with Crippen LogP contribution in [0, 0.1) is 0 Å². The fourth-order valence-electron chi connectivity index (χ4n) is 4.63. The molecule has 2 aromatic rings. The van der Waals surface area contributed by atoms with E-state index in [0.717, 1.165) is 60.1 Å². The number of hydrogen-bond donors (Lipinski definition) is 1. The van der Waals surface area contributed by atoms with Crippen molar-refractivity contribution < 1.29 is 14.3 Å². The number of carbonyl (C=O) groups excluding carboxylic acids is 1. The molecule has 0 aliphatic carbocycles. The molecule has 5 nitrogen and oxygen atoms in total. The molecule has 0 aromatic heterocycles. The first-order valence-corrected chi connectivity index (χ1v) is 12.7. The minimum atomic E-state index is -0.0163. The van der Waals surface area contributed by atoms with Crippen LogP contribution in [-0.4, -0.2) is 56.0 Å². The third-order valence-electron chi connectivity index (χ3n) is 6.37. The number of para-hydroxylation sites is 1. The van der Waals surface area contributed by atoms with Crippen molar-refractivity contribution in [2.24, 2.45) is 0 Å². The number of methoxy groups -OCH3 is 1. The van der Waals surface area contributed by atoms with Crippen LogP contribution in [0.4, 0.5) is 0 Å². The van der Waals surface area contributed by atoms with Crippen molar-refractivity contribution >= 4 is 17.7 Å². The van der Waals surface area contributed by atoms with Crippen LogP contribution in [0.15, 0.2) is 53.4 Å². The summed E-state index contributed by atoms with van der Waals surface area (Å²) in [6, 6.07) is 16.2. The Balaban J connectivity index is 1.46. The summed E-state index contributed by atoms with van der Waals surface area (Å²) in [7, 11) is 1.71. The van der Waals surface area contributed by atoms with E-state index in [4.69, 9.17) is 9.47 Å². The van der Waals surface area contributed by atoms with Crippen LogP contribution in [0.1, 0.15) is 54.1 Å². The monoisotopic (exact) mass is 454 g/mol. The summed E-state index contributed by atoms with van der Waals surface area (Å²) in [4.78, 5) is 16.7. The molecule has 2 fully saturated rings. The predicted octanol–water partition coefficient (Wildman–Crippen LogP) is 4.92. The second-order valence-electron chi connectivity index (χ2n) is 8.51. The molecule has 0 bridgehead atoms. The van der Waals surface area contributed by atoms with Crippen molar-refractivity contribution in [3.63, 3.8) is 0 Å². The molecule has 2 saturated heterocycles. The highest BCUT2D eigenvalue weighted by Crippen LogP contribution is 2.31. The van der Waals surface area contributed by atoms with Crippen molar-refractivity contribution in [1.82, 2.24) is 10.2 Å². The standard InChI is InChI=1S/C26H34N2O3S/c1-30-24-13-5-3-11-21(24)23(28-15-7-2-8-16-28)18-27-26(29)22-12-4-6-14-25(22)32-19-20-10-9-17-31-20/h3-6,11-14,20,23H,2,7-10,15-19H2,1H3,(H,27,29). The second-order valence-corrected chi connectivity index (χ2v) is 9.57. The molecule has 2 heterocycles. The van der Waals surface area contributed by atoms with Crippen molar-refractivity contribution in [2.45, 2.75) is 49.1 Å². The quantitative estimate of drug-likeness (QED) is 0.545. The second kappa shape index (κ2) is 11.7. The van der Waals surface area contributed by atoms with Crippen LogP contribution in [0.25, 0.3) is 0 Å². The van der Waals surface area contributed by atoms with Gasteiger partial charge >= 0.3 is 0 Å². The smallest absolute Gasteiger partial charge is 0.252 e. The van der Waals surface area contributed by atoms with Gasteiger partial charge in [0.2, 0.25) is 0 Å². The Morgan fingerprint density at radius 2 is 1.91 bits per heavy atom. The number of amides is 1. The van der Waals surface area contributed by atoms with Gasteiger partial charge in [-0.15, -0.1) is 11.8 Å². The van der Waals surface area contributed by atoms with Crippen LogP contribution >= 0.6 is 11.8 Å². The van der Waals surface area contributed by atoms with Gasteiger partial charge in [-0.25, -0.2) is 0 Å². The summed E-state index contributed by atoms with van der Waals surface area (Å²) >= 11 is 1.72. The van der Waals surface area contributed by atoms with E-state index in [1.807, 2.05) is 42.5 Å². The molecule has 2 unspecified atom stereocenters. The lowest BCUT2D eigenvalue weighted by Gasteiger charge is -2.35. The van der Waals surface area contributed by atoms with Crippen LogP contribution in [0.2, 0.25) is 0 Å². The van der Waals surface area contributed by atoms with Gasteiger partial charge in [0.05, 0.1) is 24.8 Å². The average Bonchev–Trinajstić information content (AvgIpc) is 3.38. The summed E-state index contributed by atoms with van der Waals surface area (Å²) in [6.07, 6.45) is 6.21. The van der Waals surface area contributed by atoms with E-state index in [2.05, 4.69) is 16.3 Å². The summed E-state index contributed by atoms with van der Waals surface area (Å²) < 4.78 is 11.4. The zero-order chi connectivity index (χ0) is 22.2. The van der Waals surface area contributed by atoms with Crippen molar-refractivity contribution in [3.8, 4) is 5.75 Å². The van der Waals surface area contributed by atoms with Crippen LogP contribution in [0.5, 0.6) is 5.75 Å². The Kier molecular flexibility index (Phi) is 8.49. The van der Waals surface area contributed by atoms with Crippen molar-refractivity contribution in [1.29, 1.82) is 0 Å². The van der Waals surface area contributed by atoms with E-state index in [1.54, 1.807) is 18.9 Å². The Morgan fingerprint density at radius 3 is 2.69 bits per heavy atom. The average molecular weight is 455 g/mol. The normalized spacial score (nSPS) is 20.1. The number of benzene rings is 2. The number of nitrogens with one attached hydrogen (secondary N) is 1. The summed E-state index contributed by atoms with van der Waals surface area (Å²) in [5.74, 6) is 1.75. The molecule has 2 aliphatic rings. The van der Waals surface area contributed by atoms with Gasteiger partial charge in [-0.05, 0) is 57.0 Å². The summed E-state index contributed by atoms with van der Waals surface area (Å²) in [5.41, 5.74) is 1.88. The molecule has 172 valence electrons. The Morgan fingerprint density at radius 1 is 1.12 bits per heavy atom. The van der Waals surface area contributed by atoms with E-state index in [0.29, 0.717) is 12.6 Å². The molecule has 1 amide bonds. The number of piperidine rings is 1. The number of thioether (sulfide) groups is 1. The Hall–Kier alpha value is -2.02. The zero-order valence-electron chi connectivity index (χ0n) is 18.9. The SMILES string of the molecule is COc1ccccc1C(CNC(=O)c1ccccc1SCC1CCCO1)N1CCCCC1. The van der Waals surface area contributed by atoms with Gasteiger partial charge in [-0.3, -0.25) is 9.69 Å². The highest BCUT2D eigenvalue weighted by molar-refractivity contribution is 7.99. The third kappa shape index (κ3) is 5.85. The topological polar surface area (TPSA) is 50.8 Å². The maximum absolute atomic E-state index is 13.2. The molecule has 32 heavy (non-hydrogen) atoms. The predicted molar refractivity (Wildman–Crippen MR) is 130 cm³/mol. The van der Waals surface area contributed by atoms with E-state index in [1.165, 1.54) is 19.3 Å². The molecule has 0 saturated carbocycles.